The van der Waals surface area contributed by atoms with E-state index in [0.717, 1.165) is 11.3 Å². The third-order valence-corrected chi connectivity index (χ3v) is 4.76. The number of rotatable bonds is 4. The van der Waals surface area contributed by atoms with Crippen LogP contribution < -0.4 is 15.4 Å². The second-order valence-electron chi connectivity index (χ2n) is 6.15. The van der Waals surface area contributed by atoms with Gasteiger partial charge in [-0.2, -0.15) is 0 Å². The second-order valence-corrected chi connectivity index (χ2v) is 6.56. The molecular formula is C21H16ClFN2O2. The highest BCUT2D eigenvalue weighted by molar-refractivity contribution is 6.31. The van der Waals surface area contributed by atoms with Gasteiger partial charge in [-0.05, 0) is 42.0 Å². The molecule has 0 fully saturated rings. The molecule has 1 amide bonds. The van der Waals surface area contributed by atoms with Crippen molar-refractivity contribution >= 4 is 23.2 Å². The maximum atomic E-state index is 13.8. The van der Waals surface area contributed by atoms with Crippen LogP contribution in [-0.4, -0.2) is 5.91 Å². The summed E-state index contributed by atoms with van der Waals surface area (Å²) in [5, 5.41) is 6.55. The second kappa shape index (κ2) is 7.29. The van der Waals surface area contributed by atoms with Gasteiger partial charge in [-0.25, -0.2) is 4.39 Å². The van der Waals surface area contributed by atoms with Crippen LogP contribution >= 0.6 is 11.6 Å². The molecule has 3 aromatic carbocycles. The molecule has 0 saturated heterocycles. The summed E-state index contributed by atoms with van der Waals surface area (Å²) in [6, 6.07) is 19.1. The minimum atomic E-state index is -0.396. The number of fused-ring (bicyclic) bond motifs is 1. The van der Waals surface area contributed by atoms with Crippen LogP contribution in [0.1, 0.15) is 27.7 Å². The molecule has 0 bridgehead atoms. The lowest BCUT2D eigenvalue weighted by molar-refractivity contribution is 0.0935. The Bertz CT molecular complexity index is 971. The number of carbonyl (C=O) groups is 1. The van der Waals surface area contributed by atoms with E-state index in [9.17, 15) is 9.18 Å². The zero-order valence-electron chi connectivity index (χ0n) is 14.2. The number of halogens is 2. The predicted molar refractivity (Wildman–Crippen MR) is 102 cm³/mol. The van der Waals surface area contributed by atoms with Gasteiger partial charge >= 0.3 is 0 Å². The summed E-state index contributed by atoms with van der Waals surface area (Å²) in [6.07, 6.45) is -0.331. The largest absolute Gasteiger partial charge is 0.489 e. The minimum Gasteiger partial charge on any atom is -0.489 e. The highest BCUT2D eigenvalue weighted by Gasteiger charge is 2.23. The normalized spacial score (nSPS) is 15.5. The fourth-order valence-corrected chi connectivity index (χ4v) is 3.17. The van der Waals surface area contributed by atoms with Gasteiger partial charge in [0.25, 0.3) is 5.91 Å². The first-order valence-corrected chi connectivity index (χ1v) is 8.82. The molecule has 0 aliphatic carbocycles. The molecule has 27 heavy (non-hydrogen) atoms. The monoisotopic (exact) mass is 382 g/mol. The number of amides is 1. The Kier molecular flexibility index (Phi) is 4.69. The number of hydrogen-bond donors (Lipinski definition) is 2. The first-order valence-electron chi connectivity index (χ1n) is 8.44. The van der Waals surface area contributed by atoms with Crippen molar-refractivity contribution in [1.82, 2.24) is 5.32 Å². The van der Waals surface area contributed by atoms with Gasteiger partial charge in [-0.3, -0.25) is 4.79 Å². The average molecular weight is 383 g/mol. The summed E-state index contributed by atoms with van der Waals surface area (Å²) in [6.45, 7) is 0.0383. The highest BCUT2D eigenvalue weighted by Crippen LogP contribution is 2.27. The van der Waals surface area contributed by atoms with Gasteiger partial charge in [0.1, 0.15) is 24.3 Å². The standard InChI is InChI=1S/C21H16ClFN2O2/c22-17-5-3-6-18(23)16(17)12-27-14-10-8-13(9-11-14)20-24-19-7-2-1-4-15(19)21(26)25-20/h1-11,20,24H,12H2,(H,25,26). The molecule has 6 heteroatoms. The Balaban J connectivity index is 1.46. The Morgan fingerprint density at radius 2 is 1.74 bits per heavy atom. The third-order valence-electron chi connectivity index (χ3n) is 4.41. The molecule has 2 N–H and O–H groups in total. The zero-order chi connectivity index (χ0) is 18.8. The summed E-state index contributed by atoms with van der Waals surface area (Å²) in [7, 11) is 0. The lowest BCUT2D eigenvalue weighted by Gasteiger charge is -2.28. The van der Waals surface area contributed by atoms with Crippen molar-refractivity contribution in [3.05, 3.63) is 94.3 Å². The number of nitrogens with one attached hydrogen (secondary N) is 2. The van der Waals surface area contributed by atoms with E-state index in [-0.39, 0.29) is 18.7 Å². The van der Waals surface area contributed by atoms with Gasteiger partial charge in [0, 0.05) is 11.3 Å². The molecule has 0 spiro atoms. The number of para-hydroxylation sites is 1. The molecule has 1 unspecified atom stereocenters. The molecule has 4 rings (SSSR count). The van der Waals surface area contributed by atoms with Crippen LogP contribution in [0.15, 0.2) is 66.7 Å². The number of benzene rings is 3. The quantitative estimate of drug-likeness (QED) is 0.674. The van der Waals surface area contributed by atoms with E-state index >= 15 is 0 Å². The van der Waals surface area contributed by atoms with Crippen LogP contribution in [0, 0.1) is 5.82 Å². The summed E-state index contributed by atoms with van der Waals surface area (Å²) in [5.41, 5.74) is 2.62. The van der Waals surface area contributed by atoms with E-state index < -0.39 is 5.82 Å². The van der Waals surface area contributed by atoms with E-state index in [1.54, 1.807) is 30.3 Å². The smallest absolute Gasteiger partial charge is 0.255 e. The van der Waals surface area contributed by atoms with Gasteiger partial charge in [-0.15, -0.1) is 0 Å². The van der Waals surface area contributed by atoms with Crippen molar-refractivity contribution < 1.29 is 13.9 Å². The SMILES string of the molecule is O=C1NC(c2ccc(OCc3c(F)cccc3Cl)cc2)Nc2ccccc21. The van der Waals surface area contributed by atoms with Crippen LogP contribution in [0.4, 0.5) is 10.1 Å². The molecule has 0 saturated carbocycles. The van der Waals surface area contributed by atoms with Crippen LogP contribution in [0.25, 0.3) is 0 Å². The van der Waals surface area contributed by atoms with Crippen molar-refractivity contribution in [2.75, 3.05) is 5.32 Å². The van der Waals surface area contributed by atoms with Gasteiger partial charge in [0.2, 0.25) is 0 Å². The molecular weight excluding hydrogens is 367 g/mol. The van der Waals surface area contributed by atoms with E-state index in [0.29, 0.717) is 21.9 Å². The number of ether oxygens (including phenoxy) is 1. The Hall–Kier alpha value is -3.05. The van der Waals surface area contributed by atoms with E-state index in [1.807, 2.05) is 30.3 Å². The lowest BCUT2D eigenvalue weighted by atomic mass is 10.1. The molecule has 0 aromatic heterocycles. The summed E-state index contributed by atoms with van der Waals surface area (Å²) >= 11 is 6.01. The summed E-state index contributed by atoms with van der Waals surface area (Å²) in [4.78, 5) is 12.2. The van der Waals surface area contributed by atoms with Gasteiger partial charge in [0.15, 0.2) is 0 Å². The first kappa shape index (κ1) is 17.4. The van der Waals surface area contributed by atoms with Crippen LogP contribution in [-0.2, 0) is 6.61 Å². The maximum absolute atomic E-state index is 13.8. The fraction of sp³-hybridized carbons (Fsp3) is 0.0952. The fourth-order valence-electron chi connectivity index (χ4n) is 2.96. The Morgan fingerprint density at radius 3 is 2.52 bits per heavy atom. The van der Waals surface area contributed by atoms with Crippen molar-refractivity contribution in [2.45, 2.75) is 12.8 Å². The maximum Gasteiger partial charge on any atom is 0.255 e. The third kappa shape index (κ3) is 3.59. The van der Waals surface area contributed by atoms with Crippen molar-refractivity contribution in [3.8, 4) is 5.75 Å². The van der Waals surface area contributed by atoms with Crippen LogP contribution in [0.2, 0.25) is 5.02 Å². The van der Waals surface area contributed by atoms with E-state index in [4.69, 9.17) is 16.3 Å². The van der Waals surface area contributed by atoms with Gasteiger partial charge in [0.05, 0.1) is 10.6 Å². The molecule has 1 heterocycles. The molecule has 1 aliphatic rings. The lowest BCUT2D eigenvalue weighted by Crippen LogP contribution is -2.38. The van der Waals surface area contributed by atoms with Crippen molar-refractivity contribution in [2.24, 2.45) is 0 Å². The van der Waals surface area contributed by atoms with E-state index in [2.05, 4.69) is 10.6 Å². The summed E-state index contributed by atoms with van der Waals surface area (Å²) < 4.78 is 19.4. The number of anilines is 1. The molecule has 136 valence electrons. The molecule has 1 aliphatic heterocycles. The predicted octanol–water partition coefficient (Wildman–Crippen LogP) is 4.91. The van der Waals surface area contributed by atoms with Crippen LogP contribution in [0.5, 0.6) is 5.75 Å². The number of carbonyl (C=O) groups excluding carboxylic acids is 1. The highest BCUT2D eigenvalue weighted by atomic mass is 35.5. The van der Waals surface area contributed by atoms with E-state index in [1.165, 1.54) is 6.07 Å². The Labute approximate surface area is 160 Å². The van der Waals surface area contributed by atoms with Crippen molar-refractivity contribution in [3.63, 3.8) is 0 Å². The zero-order valence-corrected chi connectivity index (χ0v) is 15.0. The number of hydrogen-bond acceptors (Lipinski definition) is 3. The molecule has 0 radical (unpaired) electrons. The van der Waals surface area contributed by atoms with Crippen molar-refractivity contribution in [1.29, 1.82) is 0 Å². The molecule has 1 atom stereocenters. The summed E-state index contributed by atoms with van der Waals surface area (Å²) in [5.74, 6) is 0.0661. The van der Waals surface area contributed by atoms with Crippen LogP contribution in [0.3, 0.4) is 0 Å². The van der Waals surface area contributed by atoms with Gasteiger partial charge < -0.3 is 15.4 Å². The topological polar surface area (TPSA) is 50.4 Å². The molecule has 3 aromatic rings. The first-order chi connectivity index (χ1) is 13.1. The molecule has 4 nitrogen and oxygen atoms in total. The average Bonchev–Trinajstić information content (AvgIpc) is 2.68. The Morgan fingerprint density at radius 1 is 0.963 bits per heavy atom. The minimum absolute atomic E-state index is 0.0383. The van der Waals surface area contributed by atoms with Gasteiger partial charge in [-0.1, -0.05) is 41.9 Å².